The normalized spacial score (nSPS) is 26.3. The molecule has 30 heavy (non-hydrogen) atoms. The van der Waals surface area contributed by atoms with E-state index in [2.05, 4.69) is 38.9 Å². The van der Waals surface area contributed by atoms with E-state index in [4.69, 9.17) is 21.3 Å². The zero-order valence-corrected chi connectivity index (χ0v) is 18.3. The van der Waals surface area contributed by atoms with Gasteiger partial charge in [-0.25, -0.2) is 9.37 Å². The molecule has 0 spiro atoms. The number of hydrogen-bond donors (Lipinski definition) is 1. The van der Waals surface area contributed by atoms with Crippen LogP contribution in [0.3, 0.4) is 0 Å². The second-order valence-electron chi connectivity index (χ2n) is 9.04. The first kappa shape index (κ1) is 20.2. The highest BCUT2D eigenvalue weighted by atomic mass is 35.5. The SMILES string of the molecule is CC1CN(c2nc(OCC34CCCN3CCC4)nc3c(F)c(Cl)ncc23)CC(C)N1. The van der Waals surface area contributed by atoms with Crippen LogP contribution in [0.25, 0.3) is 10.9 Å². The van der Waals surface area contributed by atoms with Crippen molar-refractivity contribution >= 4 is 28.3 Å². The summed E-state index contributed by atoms with van der Waals surface area (Å²) in [7, 11) is 0. The standard InChI is InChI=1S/C21H28ClFN6O/c1-13-10-28(11-14(2)25-13)19-15-9-24-18(22)16(23)17(15)26-20(27-19)30-12-21-5-3-7-29(21)8-4-6-21/h9,13-14,25H,3-8,10-12H2,1-2H3. The summed E-state index contributed by atoms with van der Waals surface area (Å²) in [6.07, 6.45) is 6.21. The van der Waals surface area contributed by atoms with E-state index in [-0.39, 0.29) is 34.3 Å². The van der Waals surface area contributed by atoms with Gasteiger partial charge in [0.05, 0.1) is 10.9 Å². The minimum Gasteiger partial charge on any atom is -0.461 e. The summed E-state index contributed by atoms with van der Waals surface area (Å²) in [6, 6.07) is 0.793. The zero-order chi connectivity index (χ0) is 20.9. The first-order chi connectivity index (χ1) is 14.4. The van der Waals surface area contributed by atoms with Gasteiger partial charge in [0.2, 0.25) is 0 Å². The smallest absolute Gasteiger partial charge is 0.319 e. The summed E-state index contributed by atoms with van der Waals surface area (Å²) >= 11 is 5.96. The van der Waals surface area contributed by atoms with E-state index < -0.39 is 5.82 Å². The van der Waals surface area contributed by atoms with Crippen LogP contribution in [-0.2, 0) is 0 Å². The molecule has 1 N–H and O–H groups in total. The van der Waals surface area contributed by atoms with E-state index in [9.17, 15) is 4.39 Å². The maximum Gasteiger partial charge on any atom is 0.319 e. The topological polar surface area (TPSA) is 66.4 Å². The predicted octanol–water partition coefficient (Wildman–Crippen LogP) is 3.01. The van der Waals surface area contributed by atoms with Crippen molar-refractivity contribution in [3.63, 3.8) is 0 Å². The molecule has 3 aliphatic heterocycles. The molecule has 2 aromatic rings. The van der Waals surface area contributed by atoms with Gasteiger partial charge in [0, 0.05) is 31.4 Å². The van der Waals surface area contributed by atoms with E-state index in [0.29, 0.717) is 17.8 Å². The largest absolute Gasteiger partial charge is 0.461 e. The van der Waals surface area contributed by atoms with Crippen LogP contribution in [-0.4, -0.2) is 70.3 Å². The summed E-state index contributed by atoms with van der Waals surface area (Å²) in [6.45, 7) is 8.57. The lowest BCUT2D eigenvalue weighted by Crippen LogP contribution is -2.54. The van der Waals surface area contributed by atoms with Crippen LogP contribution in [0.4, 0.5) is 10.2 Å². The van der Waals surface area contributed by atoms with E-state index >= 15 is 0 Å². The van der Waals surface area contributed by atoms with Crippen molar-refractivity contribution in [2.45, 2.75) is 57.2 Å². The molecule has 3 fully saturated rings. The van der Waals surface area contributed by atoms with Crippen LogP contribution in [0.1, 0.15) is 39.5 Å². The van der Waals surface area contributed by atoms with Crippen molar-refractivity contribution in [3.05, 3.63) is 17.2 Å². The first-order valence-corrected chi connectivity index (χ1v) is 11.2. The number of nitrogens with one attached hydrogen (secondary N) is 1. The Labute approximate surface area is 181 Å². The van der Waals surface area contributed by atoms with E-state index in [1.165, 1.54) is 12.8 Å². The molecule has 0 aromatic carbocycles. The molecule has 0 saturated carbocycles. The van der Waals surface area contributed by atoms with Crippen molar-refractivity contribution < 1.29 is 9.13 Å². The molecule has 0 bridgehead atoms. The molecule has 2 unspecified atom stereocenters. The molecule has 0 aliphatic carbocycles. The van der Waals surface area contributed by atoms with Crippen molar-refractivity contribution in [2.24, 2.45) is 0 Å². The molecule has 7 nitrogen and oxygen atoms in total. The van der Waals surface area contributed by atoms with Crippen LogP contribution in [0.5, 0.6) is 6.01 Å². The fourth-order valence-corrected chi connectivity index (χ4v) is 5.60. The summed E-state index contributed by atoms with van der Waals surface area (Å²) in [5.41, 5.74) is 0.242. The third kappa shape index (κ3) is 3.48. The number of pyridine rings is 1. The number of ether oxygens (including phenoxy) is 1. The van der Waals surface area contributed by atoms with Gasteiger partial charge in [0.15, 0.2) is 11.0 Å². The molecule has 162 valence electrons. The van der Waals surface area contributed by atoms with Crippen molar-refractivity contribution in [2.75, 3.05) is 37.7 Å². The van der Waals surface area contributed by atoms with Crippen LogP contribution in [0.15, 0.2) is 6.20 Å². The Hall–Kier alpha value is -1.77. The highest BCUT2D eigenvalue weighted by Gasteiger charge is 2.45. The Morgan fingerprint density at radius 2 is 1.90 bits per heavy atom. The fourth-order valence-electron chi connectivity index (χ4n) is 5.46. The van der Waals surface area contributed by atoms with Crippen LogP contribution < -0.4 is 15.0 Å². The number of hydrogen-bond acceptors (Lipinski definition) is 7. The second-order valence-corrected chi connectivity index (χ2v) is 9.39. The molecular weight excluding hydrogens is 407 g/mol. The number of piperazine rings is 1. The van der Waals surface area contributed by atoms with Gasteiger partial charge >= 0.3 is 6.01 Å². The van der Waals surface area contributed by atoms with E-state index in [1.54, 1.807) is 6.20 Å². The van der Waals surface area contributed by atoms with Crippen molar-refractivity contribution in [3.8, 4) is 6.01 Å². The Morgan fingerprint density at radius 1 is 1.20 bits per heavy atom. The van der Waals surface area contributed by atoms with Gasteiger partial charge in [-0.15, -0.1) is 0 Å². The molecule has 0 radical (unpaired) electrons. The summed E-state index contributed by atoms with van der Waals surface area (Å²) in [4.78, 5) is 17.8. The summed E-state index contributed by atoms with van der Waals surface area (Å²) in [5, 5.41) is 3.89. The Morgan fingerprint density at radius 3 is 2.60 bits per heavy atom. The second kappa shape index (κ2) is 7.73. The number of halogens is 2. The Bertz CT molecular complexity index is 939. The van der Waals surface area contributed by atoms with E-state index in [0.717, 1.165) is 39.0 Å². The zero-order valence-electron chi connectivity index (χ0n) is 17.5. The number of fused-ring (bicyclic) bond motifs is 2. The maximum atomic E-state index is 14.9. The average molecular weight is 435 g/mol. The summed E-state index contributed by atoms with van der Waals surface area (Å²) < 4.78 is 21.0. The van der Waals surface area contributed by atoms with Crippen LogP contribution >= 0.6 is 11.6 Å². The molecule has 9 heteroatoms. The molecule has 3 saturated heterocycles. The number of rotatable bonds is 4. The highest BCUT2D eigenvalue weighted by Crippen LogP contribution is 2.39. The fraction of sp³-hybridized carbons (Fsp3) is 0.667. The van der Waals surface area contributed by atoms with Gasteiger partial charge in [-0.1, -0.05) is 11.6 Å². The molecular formula is C21H28ClFN6O. The van der Waals surface area contributed by atoms with Gasteiger partial charge in [0.1, 0.15) is 17.9 Å². The third-order valence-electron chi connectivity index (χ3n) is 6.74. The van der Waals surface area contributed by atoms with E-state index in [1.807, 2.05) is 0 Å². The number of nitrogens with zero attached hydrogens (tertiary/aromatic N) is 5. The van der Waals surface area contributed by atoms with Gasteiger partial charge in [-0.05, 0) is 52.6 Å². The lowest BCUT2D eigenvalue weighted by atomic mass is 9.95. The molecule has 0 amide bonds. The third-order valence-corrected chi connectivity index (χ3v) is 7.00. The van der Waals surface area contributed by atoms with Crippen LogP contribution in [0.2, 0.25) is 5.15 Å². The minimum atomic E-state index is -0.625. The molecule has 5 rings (SSSR count). The highest BCUT2D eigenvalue weighted by molar-refractivity contribution is 6.30. The first-order valence-electron chi connectivity index (χ1n) is 10.9. The van der Waals surface area contributed by atoms with Crippen molar-refractivity contribution in [1.29, 1.82) is 0 Å². The van der Waals surface area contributed by atoms with Gasteiger partial charge in [-0.2, -0.15) is 9.97 Å². The van der Waals surface area contributed by atoms with Gasteiger partial charge < -0.3 is 15.0 Å². The molecule has 2 aromatic heterocycles. The average Bonchev–Trinajstić information content (AvgIpc) is 3.28. The maximum absolute atomic E-state index is 14.9. The lowest BCUT2D eigenvalue weighted by molar-refractivity contribution is 0.108. The Balaban J connectivity index is 1.51. The quantitative estimate of drug-likeness (QED) is 0.742. The van der Waals surface area contributed by atoms with Gasteiger partial charge in [-0.3, -0.25) is 4.90 Å². The van der Waals surface area contributed by atoms with Gasteiger partial charge in [0.25, 0.3) is 0 Å². The monoisotopic (exact) mass is 434 g/mol. The summed E-state index contributed by atoms with van der Waals surface area (Å²) in [5.74, 6) is 0.0332. The molecule has 2 atom stereocenters. The molecule has 3 aliphatic rings. The number of anilines is 1. The predicted molar refractivity (Wildman–Crippen MR) is 115 cm³/mol. The lowest BCUT2D eigenvalue weighted by Gasteiger charge is -2.37. The van der Waals surface area contributed by atoms with Crippen molar-refractivity contribution in [1.82, 2.24) is 25.2 Å². The van der Waals surface area contributed by atoms with Crippen LogP contribution in [0, 0.1) is 5.82 Å². The minimum absolute atomic E-state index is 0.0744. The Kier molecular flexibility index (Phi) is 5.19. The number of aromatic nitrogens is 3. The molecule has 5 heterocycles.